The number of aromatic nitrogens is 1. The van der Waals surface area contributed by atoms with Gasteiger partial charge in [0.25, 0.3) is 0 Å². The van der Waals surface area contributed by atoms with E-state index in [1.807, 2.05) is 13.0 Å². The molecule has 0 radical (unpaired) electrons. The van der Waals surface area contributed by atoms with Crippen molar-refractivity contribution in [2.75, 3.05) is 12.3 Å². The lowest BCUT2D eigenvalue weighted by molar-refractivity contribution is -0.0821. The Morgan fingerprint density at radius 3 is 2.82 bits per heavy atom. The van der Waals surface area contributed by atoms with Crippen molar-refractivity contribution in [3.63, 3.8) is 0 Å². The second kappa shape index (κ2) is 4.63. The SMILES string of the molecule is Cc1ccnc(N)c1C(N)C1(C)CCCCO1. The highest BCUT2D eigenvalue weighted by atomic mass is 16.5. The average molecular weight is 235 g/mol. The second-order valence-electron chi connectivity index (χ2n) is 5.02. The zero-order chi connectivity index (χ0) is 12.5. The third-order valence-electron chi connectivity index (χ3n) is 3.71. The first-order valence-corrected chi connectivity index (χ1v) is 6.15. The van der Waals surface area contributed by atoms with Crippen LogP contribution in [0.5, 0.6) is 0 Å². The van der Waals surface area contributed by atoms with Crippen molar-refractivity contribution >= 4 is 5.82 Å². The smallest absolute Gasteiger partial charge is 0.128 e. The molecule has 1 saturated heterocycles. The molecule has 94 valence electrons. The van der Waals surface area contributed by atoms with E-state index in [1.165, 1.54) is 0 Å². The molecule has 0 amide bonds. The Hall–Kier alpha value is -1.13. The molecule has 0 aliphatic carbocycles. The minimum atomic E-state index is -0.319. The molecular formula is C13H21N3O. The molecule has 0 saturated carbocycles. The number of aryl methyl sites for hydroxylation is 1. The quantitative estimate of drug-likeness (QED) is 0.821. The number of hydrogen-bond acceptors (Lipinski definition) is 4. The van der Waals surface area contributed by atoms with Crippen LogP contribution in [0.4, 0.5) is 5.82 Å². The number of pyridine rings is 1. The first-order chi connectivity index (χ1) is 8.04. The predicted molar refractivity (Wildman–Crippen MR) is 68.5 cm³/mol. The van der Waals surface area contributed by atoms with Gasteiger partial charge in [0.15, 0.2) is 0 Å². The standard InChI is InChI=1S/C13H21N3O/c1-9-5-7-16-12(15)10(9)11(14)13(2)6-3-4-8-17-13/h5,7,11H,3-4,6,8,14H2,1-2H3,(H2,15,16). The van der Waals surface area contributed by atoms with Gasteiger partial charge < -0.3 is 16.2 Å². The van der Waals surface area contributed by atoms with Crippen molar-refractivity contribution in [1.82, 2.24) is 4.98 Å². The third-order valence-corrected chi connectivity index (χ3v) is 3.71. The van der Waals surface area contributed by atoms with Crippen LogP contribution in [0.2, 0.25) is 0 Å². The fourth-order valence-corrected chi connectivity index (χ4v) is 2.50. The molecule has 1 aliphatic rings. The molecule has 0 aromatic carbocycles. The highest BCUT2D eigenvalue weighted by Gasteiger charge is 2.37. The van der Waals surface area contributed by atoms with Crippen LogP contribution in [-0.2, 0) is 4.74 Å². The van der Waals surface area contributed by atoms with Crippen molar-refractivity contribution < 1.29 is 4.74 Å². The summed E-state index contributed by atoms with van der Waals surface area (Å²) in [4.78, 5) is 4.13. The summed E-state index contributed by atoms with van der Waals surface area (Å²) in [6, 6.07) is 1.73. The number of anilines is 1. The van der Waals surface area contributed by atoms with E-state index in [4.69, 9.17) is 16.2 Å². The van der Waals surface area contributed by atoms with Gasteiger partial charge in [-0.1, -0.05) is 0 Å². The summed E-state index contributed by atoms with van der Waals surface area (Å²) in [5.41, 5.74) is 14.0. The van der Waals surface area contributed by atoms with Crippen LogP contribution in [0.1, 0.15) is 43.4 Å². The van der Waals surface area contributed by atoms with Crippen LogP contribution >= 0.6 is 0 Å². The molecule has 2 rings (SSSR count). The van der Waals surface area contributed by atoms with Gasteiger partial charge in [0, 0.05) is 18.4 Å². The van der Waals surface area contributed by atoms with Crippen molar-refractivity contribution in [2.45, 2.75) is 44.8 Å². The van der Waals surface area contributed by atoms with E-state index in [-0.39, 0.29) is 11.6 Å². The first kappa shape index (κ1) is 12.3. The molecular weight excluding hydrogens is 214 g/mol. The lowest BCUT2D eigenvalue weighted by Gasteiger charge is -2.39. The van der Waals surface area contributed by atoms with Gasteiger partial charge in [0.1, 0.15) is 5.82 Å². The molecule has 0 spiro atoms. The molecule has 0 bridgehead atoms. The maximum Gasteiger partial charge on any atom is 0.128 e. The molecule has 1 aromatic heterocycles. The molecule has 4 nitrogen and oxygen atoms in total. The van der Waals surface area contributed by atoms with Crippen LogP contribution in [0.15, 0.2) is 12.3 Å². The predicted octanol–water partition coefficient (Wildman–Crippen LogP) is 1.93. The van der Waals surface area contributed by atoms with Crippen molar-refractivity contribution in [3.8, 4) is 0 Å². The topological polar surface area (TPSA) is 74.2 Å². The summed E-state index contributed by atoms with van der Waals surface area (Å²) in [5.74, 6) is 0.521. The van der Waals surface area contributed by atoms with E-state index in [9.17, 15) is 0 Å². The Bertz CT molecular complexity index is 379. The average Bonchev–Trinajstić information content (AvgIpc) is 2.29. The minimum absolute atomic E-state index is 0.212. The number of ether oxygens (including phenoxy) is 1. The van der Waals surface area contributed by atoms with Crippen LogP contribution in [0.25, 0.3) is 0 Å². The fourth-order valence-electron chi connectivity index (χ4n) is 2.50. The molecule has 1 aromatic rings. The molecule has 4 N–H and O–H groups in total. The third kappa shape index (κ3) is 2.28. The van der Waals surface area contributed by atoms with Gasteiger partial charge in [-0.25, -0.2) is 4.98 Å². The van der Waals surface area contributed by atoms with Crippen LogP contribution in [-0.4, -0.2) is 17.2 Å². The Morgan fingerprint density at radius 1 is 1.47 bits per heavy atom. The normalized spacial score (nSPS) is 26.8. The van der Waals surface area contributed by atoms with E-state index in [2.05, 4.69) is 11.9 Å². The minimum Gasteiger partial charge on any atom is -0.383 e. The number of nitrogens with zero attached hydrogens (tertiary/aromatic N) is 1. The Balaban J connectivity index is 2.32. The molecule has 1 aliphatic heterocycles. The van der Waals surface area contributed by atoms with Crippen LogP contribution in [0, 0.1) is 6.92 Å². The summed E-state index contributed by atoms with van der Waals surface area (Å²) < 4.78 is 5.88. The zero-order valence-corrected chi connectivity index (χ0v) is 10.6. The number of nitrogen functional groups attached to an aromatic ring is 1. The first-order valence-electron chi connectivity index (χ1n) is 6.15. The monoisotopic (exact) mass is 235 g/mol. The molecule has 2 atom stereocenters. The van der Waals surface area contributed by atoms with E-state index in [0.717, 1.165) is 37.0 Å². The summed E-state index contributed by atoms with van der Waals surface area (Å²) in [5, 5.41) is 0. The van der Waals surface area contributed by atoms with Gasteiger partial charge in [-0.3, -0.25) is 0 Å². The number of rotatable bonds is 2. The van der Waals surface area contributed by atoms with E-state index < -0.39 is 0 Å². The maximum absolute atomic E-state index is 6.36. The summed E-state index contributed by atoms with van der Waals surface area (Å²) in [6.45, 7) is 4.87. The number of nitrogens with two attached hydrogens (primary N) is 2. The lowest BCUT2D eigenvalue weighted by atomic mass is 9.83. The largest absolute Gasteiger partial charge is 0.383 e. The second-order valence-corrected chi connectivity index (χ2v) is 5.02. The van der Waals surface area contributed by atoms with Crippen molar-refractivity contribution in [1.29, 1.82) is 0 Å². The summed E-state index contributed by atoms with van der Waals surface area (Å²) in [7, 11) is 0. The molecule has 2 heterocycles. The Labute approximate surface area is 102 Å². The van der Waals surface area contributed by atoms with Crippen LogP contribution < -0.4 is 11.5 Å². The van der Waals surface area contributed by atoms with Crippen LogP contribution in [0.3, 0.4) is 0 Å². The Kier molecular flexibility index (Phi) is 3.35. The van der Waals surface area contributed by atoms with Gasteiger partial charge in [0.2, 0.25) is 0 Å². The molecule has 2 unspecified atom stereocenters. The zero-order valence-electron chi connectivity index (χ0n) is 10.6. The van der Waals surface area contributed by atoms with Gasteiger partial charge in [-0.2, -0.15) is 0 Å². The van der Waals surface area contributed by atoms with E-state index >= 15 is 0 Å². The molecule has 17 heavy (non-hydrogen) atoms. The van der Waals surface area contributed by atoms with Crippen molar-refractivity contribution in [3.05, 3.63) is 23.4 Å². The highest BCUT2D eigenvalue weighted by molar-refractivity contribution is 5.47. The highest BCUT2D eigenvalue weighted by Crippen LogP contribution is 2.37. The van der Waals surface area contributed by atoms with Gasteiger partial charge >= 0.3 is 0 Å². The van der Waals surface area contributed by atoms with Crippen molar-refractivity contribution in [2.24, 2.45) is 5.73 Å². The Morgan fingerprint density at radius 2 is 2.24 bits per heavy atom. The lowest BCUT2D eigenvalue weighted by Crippen LogP contribution is -2.44. The van der Waals surface area contributed by atoms with Gasteiger partial charge in [0.05, 0.1) is 11.6 Å². The molecule has 1 fully saturated rings. The summed E-state index contributed by atoms with van der Waals surface area (Å²) >= 11 is 0. The van der Waals surface area contributed by atoms with E-state index in [0.29, 0.717) is 5.82 Å². The fraction of sp³-hybridized carbons (Fsp3) is 0.615. The van der Waals surface area contributed by atoms with E-state index in [1.54, 1.807) is 6.20 Å². The number of hydrogen-bond donors (Lipinski definition) is 2. The maximum atomic E-state index is 6.36. The van der Waals surface area contributed by atoms with Gasteiger partial charge in [-0.15, -0.1) is 0 Å². The molecule has 4 heteroatoms. The van der Waals surface area contributed by atoms with Gasteiger partial charge in [-0.05, 0) is 44.7 Å². The summed E-state index contributed by atoms with van der Waals surface area (Å²) in [6.07, 6.45) is 4.96.